The van der Waals surface area contributed by atoms with Crippen LogP contribution in [-0.2, 0) is 0 Å². The molecule has 0 heterocycles. The second-order valence-electron chi connectivity index (χ2n) is 5.36. The molecule has 110 valence electrons. The summed E-state index contributed by atoms with van der Waals surface area (Å²) in [7, 11) is 0. The number of thiocarbonyl (C=S) groups is 1. The summed E-state index contributed by atoms with van der Waals surface area (Å²) < 4.78 is 14.1. The SMILES string of the molecule is CSC1(CNc2ccc(C(N)=S)c(F)c2)CCCCC1. The Morgan fingerprint density at radius 3 is 2.65 bits per heavy atom. The molecule has 5 heteroatoms. The highest BCUT2D eigenvalue weighted by Gasteiger charge is 2.30. The summed E-state index contributed by atoms with van der Waals surface area (Å²) in [6.45, 7) is 0.875. The Morgan fingerprint density at radius 1 is 1.40 bits per heavy atom. The van der Waals surface area contributed by atoms with Gasteiger partial charge >= 0.3 is 0 Å². The lowest BCUT2D eigenvalue weighted by Gasteiger charge is -2.36. The predicted octanol–water partition coefficient (Wildman–Crippen LogP) is 3.94. The molecule has 0 saturated heterocycles. The monoisotopic (exact) mass is 312 g/mol. The fourth-order valence-corrected chi connectivity index (χ4v) is 3.82. The van der Waals surface area contributed by atoms with E-state index in [2.05, 4.69) is 11.6 Å². The zero-order valence-electron chi connectivity index (χ0n) is 11.7. The highest BCUT2D eigenvalue weighted by molar-refractivity contribution is 8.00. The third-order valence-electron chi connectivity index (χ3n) is 4.05. The lowest BCUT2D eigenvalue weighted by molar-refractivity contribution is 0.411. The standard InChI is InChI=1S/C15H21FN2S2/c1-20-15(7-3-2-4-8-15)10-18-11-5-6-12(14(17)19)13(16)9-11/h5-6,9,18H,2-4,7-8,10H2,1H3,(H2,17,19). The summed E-state index contributed by atoms with van der Waals surface area (Å²) in [4.78, 5) is 0.0990. The van der Waals surface area contributed by atoms with Gasteiger partial charge in [-0.25, -0.2) is 4.39 Å². The number of halogens is 1. The zero-order chi connectivity index (χ0) is 14.6. The van der Waals surface area contributed by atoms with Crippen LogP contribution in [0.15, 0.2) is 18.2 Å². The van der Waals surface area contributed by atoms with Gasteiger partial charge < -0.3 is 11.1 Å². The van der Waals surface area contributed by atoms with Crippen molar-refractivity contribution in [3.8, 4) is 0 Å². The van der Waals surface area contributed by atoms with Crippen LogP contribution in [0.25, 0.3) is 0 Å². The molecule has 0 unspecified atom stereocenters. The number of hydrogen-bond donors (Lipinski definition) is 2. The molecule has 0 aliphatic heterocycles. The summed E-state index contributed by atoms with van der Waals surface area (Å²) in [5.74, 6) is -0.357. The van der Waals surface area contributed by atoms with Crippen molar-refractivity contribution >= 4 is 34.7 Å². The predicted molar refractivity (Wildman–Crippen MR) is 90.1 cm³/mol. The van der Waals surface area contributed by atoms with Crippen LogP contribution in [-0.4, -0.2) is 22.5 Å². The number of nitrogens with one attached hydrogen (secondary N) is 1. The van der Waals surface area contributed by atoms with Gasteiger partial charge in [-0.15, -0.1) is 0 Å². The summed E-state index contributed by atoms with van der Waals surface area (Å²) in [6.07, 6.45) is 8.54. The van der Waals surface area contributed by atoms with Gasteiger partial charge in [-0.05, 0) is 37.3 Å². The average molecular weight is 312 g/mol. The number of benzene rings is 1. The number of nitrogens with two attached hydrogens (primary N) is 1. The Hall–Kier alpha value is -0.810. The Labute approximate surface area is 129 Å². The lowest BCUT2D eigenvalue weighted by Crippen LogP contribution is -2.35. The fraction of sp³-hybridized carbons (Fsp3) is 0.533. The van der Waals surface area contributed by atoms with E-state index >= 15 is 0 Å². The highest BCUT2D eigenvalue weighted by Crippen LogP contribution is 2.38. The van der Waals surface area contributed by atoms with E-state index in [0.717, 1.165) is 12.2 Å². The van der Waals surface area contributed by atoms with Crippen LogP contribution in [0.3, 0.4) is 0 Å². The highest BCUT2D eigenvalue weighted by atomic mass is 32.2. The Bertz CT molecular complexity index is 485. The van der Waals surface area contributed by atoms with E-state index in [4.69, 9.17) is 18.0 Å². The molecule has 20 heavy (non-hydrogen) atoms. The molecule has 1 aromatic rings. The molecule has 0 aromatic heterocycles. The summed E-state index contributed by atoms with van der Waals surface area (Å²) in [6, 6.07) is 4.96. The van der Waals surface area contributed by atoms with Crippen LogP contribution >= 0.6 is 24.0 Å². The first-order chi connectivity index (χ1) is 9.56. The molecule has 2 rings (SSSR count). The summed E-state index contributed by atoms with van der Waals surface area (Å²) in [5, 5.41) is 3.37. The van der Waals surface area contributed by atoms with Gasteiger partial charge in [-0.2, -0.15) is 11.8 Å². The Kier molecular flexibility index (Phi) is 5.27. The van der Waals surface area contributed by atoms with Crippen molar-refractivity contribution < 1.29 is 4.39 Å². The smallest absolute Gasteiger partial charge is 0.135 e. The van der Waals surface area contributed by atoms with E-state index in [9.17, 15) is 4.39 Å². The van der Waals surface area contributed by atoms with Crippen LogP contribution in [0.1, 0.15) is 37.7 Å². The second-order valence-corrected chi connectivity index (χ2v) is 7.07. The van der Waals surface area contributed by atoms with Crippen molar-refractivity contribution in [1.82, 2.24) is 0 Å². The number of anilines is 1. The topological polar surface area (TPSA) is 38.0 Å². The molecule has 1 saturated carbocycles. The Balaban J connectivity index is 2.03. The molecule has 1 aliphatic carbocycles. The Morgan fingerprint density at radius 2 is 2.10 bits per heavy atom. The maximum Gasteiger partial charge on any atom is 0.135 e. The third kappa shape index (κ3) is 3.64. The first-order valence-electron chi connectivity index (χ1n) is 6.95. The number of rotatable bonds is 5. The molecular formula is C15H21FN2S2. The molecule has 0 atom stereocenters. The van der Waals surface area contributed by atoms with Gasteiger partial charge in [0.05, 0.1) is 0 Å². The second kappa shape index (κ2) is 6.76. The molecule has 2 nitrogen and oxygen atoms in total. The van der Waals surface area contributed by atoms with Crippen molar-refractivity contribution in [3.63, 3.8) is 0 Å². The molecule has 0 radical (unpaired) electrons. The van der Waals surface area contributed by atoms with Gasteiger partial charge in [-0.1, -0.05) is 31.5 Å². The molecule has 1 aromatic carbocycles. The fourth-order valence-electron chi connectivity index (χ4n) is 2.74. The first kappa shape index (κ1) is 15.6. The van der Waals surface area contributed by atoms with Crippen LogP contribution in [0.2, 0.25) is 0 Å². The quantitative estimate of drug-likeness (QED) is 0.808. The van der Waals surface area contributed by atoms with E-state index in [1.807, 2.05) is 17.8 Å². The summed E-state index contributed by atoms with van der Waals surface area (Å²) in [5.41, 5.74) is 6.57. The maximum absolute atomic E-state index is 13.8. The number of hydrogen-bond acceptors (Lipinski definition) is 3. The normalized spacial score (nSPS) is 17.7. The molecular weight excluding hydrogens is 291 g/mol. The van der Waals surface area contributed by atoms with Crippen molar-refractivity contribution in [1.29, 1.82) is 0 Å². The van der Waals surface area contributed by atoms with Gasteiger partial charge in [0.2, 0.25) is 0 Å². The average Bonchev–Trinajstić information content (AvgIpc) is 2.46. The van der Waals surface area contributed by atoms with E-state index in [-0.39, 0.29) is 15.6 Å². The first-order valence-corrected chi connectivity index (χ1v) is 8.58. The van der Waals surface area contributed by atoms with E-state index < -0.39 is 0 Å². The van der Waals surface area contributed by atoms with Crippen LogP contribution in [0, 0.1) is 5.82 Å². The van der Waals surface area contributed by atoms with Crippen molar-refractivity contribution in [2.75, 3.05) is 18.1 Å². The molecule has 3 N–H and O–H groups in total. The third-order valence-corrected chi connectivity index (χ3v) is 5.69. The molecule has 1 fully saturated rings. The van der Waals surface area contributed by atoms with E-state index in [1.165, 1.54) is 38.2 Å². The van der Waals surface area contributed by atoms with Crippen molar-refractivity contribution in [2.45, 2.75) is 36.9 Å². The molecule has 0 spiro atoms. The minimum atomic E-state index is -0.357. The minimum absolute atomic E-state index is 0.0990. The van der Waals surface area contributed by atoms with Gasteiger partial charge in [0.25, 0.3) is 0 Å². The van der Waals surface area contributed by atoms with Crippen molar-refractivity contribution in [3.05, 3.63) is 29.6 Å². The minimum Gasteiger partial charge on any atom is -0.389 e. The summed E-state index contributed by atoms with van der Waals surface area (Å²) >= 11 is 6.74. The van der Waals surface area contributed by atoms with Gasteiger partial charge in [-0.3, -0.25) is 0 Å². The van der Waals surface area contributed by atoms with Crippen LogP contribution in [0.4, 0.5) is 10.1 Å². The van der Waals surface area contributed by atoms with Crippen LogP contribution < -0.4 is 11.1 Å². The maximum atomic E-state index is 13.8. The molecule has 1 aliphatic rings. The lowest BCUT2D eigenvalue weighted by atomic mass is 9.88. The van der Waals surface area contributed by atoms with E-state index in [1.54, 1.807) is 6.07 Å². The number of thioether (sulfide) groups is 1. The van der Waals surface area contributed by atoms with Gasteiger partial charge in [0, 0.05) is 22.5 Å². The van der Waals surface area contributed by atoms with Crippen molar-refractivity contribution in [2.24, 2.45) is 5.73 Å². The molecule has 0 bridgehead atoms. The van der Waals surface area contributed by atoms with Gasteiger partial charge in [0.15, 0.2) is 0 Å². The van der Waals surface area contributed by atoms with Crippen LogP contribution in [0.5, 0.6) is 0 Å². The molecule has 0 amide bonds. The van der Waals surface area contributed by atoms with Gasteiger partial charge in [0.1, 0.15) is 10.8 Å². The van der Waals surface area contributed by atoms with E-state index in [0.29, 0.717) is 5.56 Å². The zero-order valence-corrected chi connectivity index (χ0v) is 13.4. The largest absolute Gasteiger partial charge is 0.389 e.